The zero-order valence-corrected chi connectivity index (χ0v) is 19.5. The quantitative estimate of drug-likeness (QED) is 0.737. The summed E-state index contributed by atoms with van der Waals surface area (Å²) in [5.41, 5.74) is 1.05. The molecular formula is C24H36N4O2S. The number of piperidine rings is 1. The van der Waals surface area contributed by atoms with Crippen molar-refractivity contribution in [1.82, 2.24) is 15.5 Å². The second-order valence-corrected chi connectivity index (χ2v) is 10.7. The summed E-state index contributed by atoms with van der Waals surface area (Å²) in [4.78, 5) is 30.9. The Morgan fingerprint density at radius 2 is 1.61 bits per heavy atom. The molecule has 4 rings (SSSR count). The number of amides is 3. The molecule has 2 N–H and O–H groups in total. The van der Waals surface area contributed by atoms with E-state index in [2.05, 4.69) is 40.7 Å². The summed E-state index contributed by atoms with van der Waals surface area (Å²) in [6.45, 7) is 5.16. The molecule has 1 aromatic rings. The number of para-hydroxylation sites is 1. The van der Waals surface area contributed by atoms with Crippen molar-refractivity contribution in [3.05, 3.63) is 24.3 Å². The minimum atomic E-state index is -0.0192. The first kappa shape index (κ1) is 22.5. The van der Waals surface area contributed by atoms with E-state index in [9.17, 15) is 9.59 Å². The van der Waals surface area contributed by atoms with Crippen LogP contribution in [0, 0.1) is 0 Å². The van der Waals surface area contributed by atoms with Gasteiger partial charge in [-0.3, -0.25) is 9.69 Å². The van der Waals surface area contributed by atoms with E-state index in [1.165, 1.54) is 24.2 Å². The van der Waals surface area contributed by atoms with Crippen LogP contribution in [0.25, 0.3) is 0 Å². The van der Waals surface area contributed by atoms with E-state index in [0.29, 0.717) is 17.8 Å². The molecule has 2 heterocycles. The molecule has 0 radical (unpaired) electrons. The lowest BCUT2D eigenvalue weighted by atomic mass is 9.96. The number of carbonyl (C=O) groups is 2. The maximum atomic E-state index is 13.2. The fraction of sp³-hybridized carbons (Fsp3) is 0.667. The number of urea groups is 1. The molecule has 0 bridgehead atoms. The van der Waals surface area contributed by atoms with Gasteiger partial charge in [-0.15, -0.1) is 11.8 Å². The van der Waals surface area contributed by atoms with Crippen molar-refractivity contribution in [3.63, 3.8) is 0 Å². The van der Waals surface area contributed by atoms with E-state index in [4.69, 9.17) is 0 Å². The molecule has 2 aliphatic heterocycles. The van der Waals surface area contributed by atoms with Gasteiger partial charge in [0.05, 0.1) is 12.2 Å². The summed E-state index contributed by atoms with van der Waals surface area (Å²) in [6, 6.07) is 8.78. The number of fused-ring (bicyclic) bond motifs is 1. The van der Waals surface area contributed by atoms with Gasteiger partial charge in [-0.2, -0.15) is 0 Å². The Hall–Kier alpha value is -1.73. The lowest BCUT2D eigenvalue weighted by Gasteiger charge is -2.34. The summed E-state index contributed by atoms with van der Waals surface area (Å²) in [5, 5.41) is 6.81. The van der Waals surface area contributed by atoms with Gasteiger partial charge in [0.15, 0.2) is 0 Å². The van der Waals surface area contributed by atoms with Crippen LogP contribution in [0.1, 0.15) is 58.3 Å². The Labute approximate surface area is 190 Å². The Kier molecular flexibility index (Phi) is 7.77. The molecule has 0 spiro atoms. The number of carbonyl (C=O) groups excluding carboxylic acids is 2. The van der Waals surface area contributed by atoms with Crippen LogP contribution < -0.4 is 15.5 Å². The van der Waals surface area contributed by atoms with Crippen molar-refractivity contribution in [2.45, 2.75) is 80.5 Å². The van der Waals surface area contributed by atoms with Crippen LogP contribution in [0.3, 0.4) is 0 Å². The van der Waals surface area contributed by atoms with Gasteiger partial charge >= 0.3 is 6.03 Å². The molecule has 1 aromatic carbocycles. The highest BCUT2D eigenvalue weighted by Crippen LogP contribution is 2.37. The Morgan fingerprint density at radius 1 is 0.935 bits per heavy atom. The fourth-order valence-electron chi connectivity index (χ4n) is 4.92. The highest BCUT2D eigenvalue weighted by molar-refractivity contribution is 8.00. The molecule has 1 saturated carbocycles. The molecule has 31 heavy (non-hydrogen) atoms. The third kappa shape index (κ3) is 6.16. The topological polar surface area (TPSA) is 64.7 Å². The van der Waals surface area contributed by atoms with E-state index in [1.807, 2.05) is 22.7 Å². The number of hydrogen-bond donors (Lipinski definition) is 2. The second kappa shape index (κ2) is 10.7. The van der Waals surface area contributed by atoms with Gasteiger partial charge in [0, 0.05) is 41.9 Å². The van der Waals surface area contributed by atoms with E-state index in [1.54, 1.807) is 0 Å². The van der Waals surface area contributed by atoms with Crippen LogP contribution in [0.5, 0.6) is 0 Å². The molecule has 0 aromatic heterocycles. The summed E-state index contributed by atoms with van der Waals surface area (Å²) in [5.74, 6) is 0.184. The largest absolute Gasteiger partial charge is 0.335 e. The minimum absolute atomic E-state index is 0.0192. The normalized spacial score (nSPS) is 23.6. The van der Waals surface area contributed by atoms with E-state index >= 15 is 0 Å². The van der Waals surface area contributed by atoms with Gasteiger partial charge in [-0.25, -0.2) is 4.79 Å². The molecule has 1 atom stereocenters. The molecule has 1 aliphatic carbocycles. The van der Waals surface area contributed by atoms with Gasteiger partial charge in [-0.05, 0) is 44.2 Å². The van der Waals surface area contributed by atoms with E-state index in [-0.39, 0.29) is 18.0 Å². The first-order valence-electron chi connectivity index (χ1n) is 11.9. The predicted octanol–water partition coefficient (Wildman–Crippen LogP) is 4.00. The number of thioether (sulfide) groups is 1. The van der Waals surface area contributed by atoms with Gasteiger partial charge in [0.25, 0.3) is 0 Å². The molecule has 2 fully saturated rings. The van der Waals surface area contributed by atoms with Crippen LogP contribution >= 0.6 is 11.8 Å². The average molecular weight is 445 g/mol. The lowest BCUT2D eigenvalue weighted by molar-refractivity contribution is -0.120. The van der Waals surface area contributed by atoms with Crippen LogP contribution in [0.4, 0.5) is 10.5 Å². The van der Waals surface area contributed by atoms with Crippen LogP contribution in [0.15, 0.2) is 29.2 Å². The van der Waals surface area contributed by atoms with Crippen molar-refractivity contribution in [2.75, 3.05) is 31.1 Å². The zero-order valence-electron chi connectivity index (χ0n) is 18.6. The molecule has 3 amide bonds. The highest BCUT2D eigenvalue weighted by Gasteiger charge is 2.28. The molecular weight excluding hydrogens is 408 g/mol. The predicted molar refractivity (Wildman–Crippen MR) is 127 cm³/mol. The molecule has 7 heteroatoms. The number of rotatable bonds is 4. The van der Waals surface area contributed by atoms with Gasteiger partial charge < -0.3 is 15.5 Å². The second-order valence-electron chi connectivity index (χ2n) is 9.23. The minimum Gasteiger partial charge on any atom is -0.335 e. The molecule has 1 unspecified atom stereocenters. The Morgan fingerprint density at radius 3 is 2.35 bits per heavy atom. The SMILES string of the molecule is CC1CCN(C(=O)CN2CCC(NC(=O)NC3CCCCC3)CC2)c2ccccc2S1. The van der Waals surface area contributed by atoms with Crippen molar-refractivity contribution < 1.29 is 9.59 Å². The van der Waals surface area contributed by atoms with Gasteiger partial charge in [0.2, 0.25) is 5.91 Å². The van der Waals surface area contributed by atoms with Gasteiger partial charge in [0.1, 0.15) is 0 Å². The number of nitrogens with zero attached hydrogens (tertiary/aromatic N) is 2. The van der Waals surface area contributed by atoms with Crippen molar-refractivity contribution in [1.29, 1.82) is 0 Å². The smallest absolute Gasteiger partial charge is 0.315 e. The first-order valence-corrected chi connectivity index (χ1v) is 12.8. The van der Waals surface area contributed by atoms with Crippen molar-refractivity contribution >= 4 is 29.4 Å². The lowest BCUT2D eigenvalue weighted by Crippen LogP contribution is -2.51. The molecule has 6 nitrogen and oxygen atoms in total. The maximum absolute atomic E-state index is 13.2. The maximum Gasteiger partial charge on any atom is 0.315 e. The number of benzene rings is 1. The van der Waals surface area contributed by atoms with Crippen LogP contribution in [-0.2, 0) is 4.79 Å². The van der Waals surface area contributed by atoms with Crippen molar-refractivity contribution in [3.8, 4) is 0 Å². The van der Waals surface area contributed by atoms with Crippen molar-refractivity contribution in [2.24, 2.45) is 0 Å². The average Bonchev–Trinajstić information content (AvgIpc) is 2.94. The fourth-order valence-corrected chi connectivity index (χ4v) is 6.03. The Bertz CT molecular complexity index is 760. The number of hydrogen-bond acceptors (Lipinski definition) is 4. The Balaban J connectivity index is 1.24. The van der Waals surface area contributed by atoms with Crippen LogP contribution in [0.2, 0.25) is 0 Å². The van der Waals surface area contributed by atoms with Crippen LogP contribution in [-0.4, -0.2) is 60.4 Å². The molecule has 170 valence electrons. The van der Waals surface area contributed by atoms with Gasteiger partial charge in [-0.1, -0.05) is 38.3 Å². The third-order valence-corrected chi connectivity index (χ3v) is 8.00. The molecule has 3 aliphatic rings. The summed E-state index contributed by atoms with van der Waals surface area (Å²) in [6.07, 6.45) is 8.73. The number of likely N-dealkylation sites (tertiary alicyclic amines) is 1. The number of anilines is 1. The summed E-state index contributed by atoms with van der Waals surface area (Å²) >= 11 is 1.86. The molecule has 1 saturated heterocycles. The standard InChI is InChI=1S/C24H36N4O2S/c1-18-11-16-28(21-9-5-6-10-22(21)31-18)23(29)17-27-14-12-20(13-15-27)26-24(30)25-19-7-3-2-4-8-19/h5-6,9-10,18-20H,2-4,7-8,11-17H2,1H3,(H2,25,26,30). The highest BCUT2D eigenvalue weighted by atomic mass is 32.2. The van der Waals surface area contributed by atoms with E-state index in [0.717, 1.165) is 57.4 Å². The summed E-state index contributed by atoms with van der Waals surface area (Å²) < 4.78 is 0. The number of nitrogens with one attached hydrogen (secondary N) is 2. The third-order valence-electron chi connectivity index (χ3n) is 6.77. The summed E-state index contributed by atoms with van der Waals surface area (Å²) in [7, 11) is 0. The first-order chi connectivity index (χ1) is 15.1. The monoisotopic (exact) mass is 444 g/mol. The van der Waals surface area contributed by atoms with E-state index < -0.39 is 0 Å². The zero-order chi connectivity index (χ0) is 21.6.